The molecule has 4 aromatic rings. The Bertz CT molecular complexity index is 1530. The molecule has 1 aliphatic heterocycles. The van der Waals surface area contributed by atoms with Gasteiger partial charge in [0.2, 0.25) is 0 Å². The number of aliphatic hydroxyl groups is 1. The van der Waals surface area contributed by atoms with Gasteiger partial charge in [-0.3, -0.25) is 14.5 Å². The van der Waals surface area contributed by atoms with Gasteiger partial charge in [-0.2, -0.15) is 0 Å². The van der Waals surface area contributed by atoms with E-state index >= 15 is 0 Å². The first-order valence-electron chi connectivity index (χ1n) is 12.7. The molecule has 1 aliphatic rings. The Morgan fingerprint density at radius 3 is 2.34 bits per heavy atom. The quantitative estimate of drug-likeness (QED) is 0.172. The molecule has 38 heavy (non-hydrogen) atoms. The van der Waals surface area contributed by atoms with Crippen LogP contribution in [0.4, 0.5) is 5.69 Å². The van der Waals surface area contributed by atoms with Crippen LogP contribution in [0.5, 0.6) is 11.5 Å². The van der Waals surface area contributed by atoms with Crippen molar-refractivity contribution >= 4 is 33.9 Å². The maximum absolute atomic E-state index is 13.6. The van der Waals surface area contributed by atoms with Crippen molar-refractivity contribution in [2.24, 2.45) is 0 Å². The van der Waals surface area contributed by atoms with Gasteiger partial charge in [0.15, 0.2) is 0 Å². The molecule has 4 aromatic carbocycles. The number of fused-ring (bicyclic) bond motifs is 1. The van der Waals surface area contributed by atoms with E-state index in [0.717, 1.165) is 10.8 Å². The van der Waals surface area contributed by atoms with Crippen molar-refractivity contribution in [3.05, 3.63) is 108 Å². The number of nitrogens with zero attached hydrogens (tertiary/aromatic N) is 1. The van der Waals surface area contributed by atoms with Crippen molar-refractivity contribution in [1.29, 1.82) is 0 Å². The lowest BCUT2D eigenvalue weighted by Gasteiger charge is -2.26. The molecule has 6 heteroatoms. The number of benzene rings is 4. The molecule has 1 heterocycles. The van der Waals surface area contributed by atoms with Crippen LogP contribution in [0.3, 0.4) is 0 Å². The molecule has 0 saturated carbocycles. The predicted molar refractivity (Wildman–Crippen MR) is 149 cm³/mol. The van der Waals surface area contributed by atoms with Gasteiger partial charge in [-0.15, -0.1) is 0 Å². The number of carbonyl (C=O) groups excluding carboxylic acids is 2. The summed E-state index contributed by atoms with van der Waals surface area (Å²) in [5.74, 6) is -0.415. The van der Waals surface area contributed by atoms with Gasteiger partial charge in [-0.1, -0.05) is 60.7 Å². The van der Waals surface area contributed by atoms with Crippen LogP contribution < -0.4 is 14.4 Å². The average molecular weight is 508 g/mol. The molecule has 0 aromatic heterocycles. The van der Waals surface area contributed by atoms with Crippen LogP contribution >= 0.6 is 0 Å². The summed E-state index contributed by atoms with van der Waals surface area (Å²) in [5, 5.41) is 13.4. The van der Waals surface area contributed by atoms with Crippen LogP contribution in [0.15, 0.2) is 96.6 Å². The Kier molecular flexibility index (Phi) is 6.88. The van der Waals surface area contributed by atoms with E-state index in [4.69, 9.17) is 9.47 Å². The number of ether oxygens (including phenoxy) is 2. The van der Waals surface area contributed by atoms with Crippen molar-refractivity contribution in [2.45, 2.75) is 32.9 Å². The number of hydrogen-bond donors (Lipinski definition) is 1. The van der Waals surface area contributed by atoms with Crippen molar-refractivity contribution in [3.8, 4) is 11.5 Å². The predicted octanol–water partition coefficient (Wildman–Crippen LogP) is 6.65. The van der Waals surface area contributed by atoms with Gasteiger partial charge >= 0.3 is 0 Å². The van der Waals surface area contributed by atoms with Gasteiger partial charge in [0, 0.05) is 17.3 Å². The summed E-state index contributed by atoms with van der Waals surface area (Å²) in [5.41, 5.74) is 1.70. The largest absolute Gasteiger partial charge is 0.507 e. The number of hydrogen-bond acceptors (Lipinski definition) is 5. The molecular formula is C32H29NO5. The molecule has 0 bridgehead atoms. The number of aliphatic hydroxyl groups excluding tert-OH is 1. The molecule has 192 valence electrons. The van der Waals surface area contributed by atoms with Crippen molar-refractivity contribution < 1.29 is 24.2 Å². The Balaban J connectivity index is 1.71. The summed E-state index contributed by atoms with van der Waals surface area (Å²) in [6.45, 7) is 6.23. The van der Waals surface area contributed by atoms with E-state index in [1.165, 1.54) is 4.90 Å². The highest BCUT2D eigenvalue weighted by Crippen LogP contribution is 2.43. The Morgan fingerprint density at radius 2 is 1.61 bits per heavy atom. The molecular weight excluding hydrogens is 478 g/mol. The second kappa shape index (κ2) is 10.4. The summed E-state index contributed by atoms with van der Waals surface area (Å²) in [6, 6.07) is 26.6. The minimum Gasteiger partial charge on any atom is -0.507 e. The molecule has 0 spiro atoms. The SMILES string of the molecule is CCOc1cccc(N2C(=O)C(=O)/C(=C(\O)c3cccc4ccccc34)C2c2ccc(OC(C)C)cc2)c1. The van der Waals surface area contributed by atoms with E-state index in [1.807, 2.05) is 81.4 Å². The van der Waals surface area contributed by atoms with Gasteiger partial charge in [0.05, 0.1) is 24.3 Å². The second-order valence-electron chi connectivity index (χ2n) is 9.36. The smallest absolute Gasteiger partial charge is 0.300 e. The molecule has 1 N–H and O–H groups in total. The minimum absolute atomic E-state index is 0.000784. The maximum atomic E-state index is 13.6. The number of Topliss-reactive ketones (excluding diaryl/α,β-unsaturated/α-hetero) is 1. The topological polar surface area (TPSA) is 76.1 Å². The normalized spacial score (nSPS) is 16.8. The maximum Gasteiger partial charge on any atom is 0.300 e. The molecule has 6 nitrogen and oxygen atoms in total. The minimum atomic E-state index is -0.848. The van der Waals surface area contributed by atoms with E-state index < -0.39 is 17.7 Å². The van der Waals surface area contributed by atoms with E-state index in [2.05, 4.69) is 0 Å². The van der Waals surface area contributed by atoms with Gasteiger partial charge < -0.3 is 14.6 Å². The number of ketones is 1. The molecule has 0 radical (unpaired) electrons. The van der Waals surface area contributed by atoms with E-state index in [9.17, 15) is 14.7 Å². The zero-order valence-corrected chi connectivity index (χ0v) is 21.5. The van der Waals surface area contributed by atoms with E-state index in [0.29, 0.717) is 34.9 Å². The summed E-state index contributed by atoms with van der Waals surface area (Å²) in [4.78, 5) is 28.6. The van der Waals surface area contributed by atoms with Gasteiger partial charge in [-0.25, -0.2) is 0 Å². The highest BCUT2D eigenvalue weighted by atomic mass is 16.5. The Hall–Kier alpha value is -4.58. The van der Waals surface area contributed by atoms with Crippen LogP contribution in [-0.2, 0) is 9.59 Å². The number of carbonyl (C=O) groups is 2. The zero-order valence-electron chi connectivity index (χ0n) is 21.5. The fourth-order valence-corrected chi connectivity index (χ4v) is 4.88. The third kappa shape index (κ3) is 4.61. The lowest BCUT2D eigenvalue weighted by molar-refractivity contribution is -0.132. The molecule has 1 atom stereocenters. The third-order valence-corrected chi connectivity index (χ3v) is 6.46. The van der Waals surface area contributed by atoms with Crippen LogP contribution in [0, 0.1) is 0 Å². The molecule has 1 fully saturated rings. The zero-order chi connectivity index (χ0) is 26.8. The first-order chi connectivity index (χ1) is 18.4. The highest BCUT2D eigenvalue weighted by molar-refractivity contribution is 6.51. The summed E-state index contributed by atoms with van der Waals surface area (Å²) >= 11 is 0. The Labute approximate surface area is 221 Å². The van der Waals surface area contributed by atoms with E-state index in [1.54, 1.807) is 30.3 Å². The van der Waals surface area contributed by atoms with Gasteiger partial charge in [-0.05, 0) is 61.4 Å². The summed E-state index contributed by atoms with van der Waals surface area (Å²) in [6.07, 6.45) is -0.000784. The van der Waals surface area contributed by atoms with Crippen LogP contribution in [-0.4, -0.2) is 29.5 Å². The van der Waals surface area contributed by atoms with E-state index in [-0.39, 0.29) is 17.4 Å². The molecule has 1 amide bonds. The van der Waals surface area contributed by atoms with Gasteiger partial charge in [0.1, 0.15) is 17.3 Å². The first-order valence-corrected chi connectivity index (χ1v) is 12.7. The summed E-state index contributed by atoms with van der Waals surface area (Å²) in [7, 11) is 0. The molecule has 0 aliphatic carbocycles. The lowest BCUT2D eigenvalue weighted by Crippen LogP contribution is -2.29. The van der Waals surface area contributed by atoms with Crippen LogP contribution in [0.25, 0.3) is 16.5 Å². The standard InChI is InChI=1S/C32H29NO5/c1-4-37-25-12-8-11-23(19-25)33-29(22-15-17-24(18-16-22)38-20(2)3)28(31(35)32(33)36)30(34)27-14-7-10-21-9-5-6-13-26(21)27/h5-20,29,34H,4H2,1-3H3/b30-28-. The average Bonchev–Trinajstić information content (AvgIpc) is 3.18. The van der Waals surface area contributed by atoms with Crippen LogP contribution in [0.2, 0.25) is 0 Å². The Morgan fingerprint density at radius 1 is 0.895 bits per heavy atom. The molecule has 1 saturated heterocycles. The van der Waals surface area contributed by atoms with Crippen LogP contribution in [0.1, 0.15) is 37.9 Å². The fourth-order valence-electron chi connectivity index (χ4n) is 4.88. The monoisotopic (exact) mass is 507 g/mol. The summed E-state index contributed by atoms with van der Waals surface area (Å²) < 4.78 is 11.4. The third-order valence-electron chi connectivity index (χ3n) is 6.46. The molecule has 1 unspecified atom stereocenters. The highest BCUT2D eigenvalue weighted by Gasteiger charge is 2.47. The number of amides is 1. The fraction of sp³-hybridized carbons (Fsp3) is 0.188. The number of rotatable bonds is 7. The lowest BCUT2D eigenvalue weighted by atomic mass is 9.93. The first kappa shape index (κ1) is 25.1. The van der Waals surface area contributed by atoms with Gasteiger partial charge in [0.25, 0.3) is 11.7 Å². The number of anilines is 1. The second-order valence-corrected chi connectivity index (χ2v) is 9.36. The van der Waals surface area contributed by atoms with Crippen molar-refractivity contribution in [3.63, 3.8) is 0 Å². The van der Waals surface area contributed by atoms with Crippen molar-refractivity contribution in [1.82, 2.24) is 0 Å². The van der Waals surface area contributed by atoms with Crippen molar-refractivity contribution in [2.75, 3.05) is 11.5 Å². The molecule has 5 rings (SSSR count).